The van der Waals surface area contributed by atoms with Crippen molar-refractivity contribution in [1.82, 2.24) is 9.97 Å². The van der Waals surface area contributed by atoms with Crippen molar-refractivity contribution in [3.63, 3.8) is 0 Å². The summed E-state index contributed by atoms with van der Waals surface area (Å²) >= 11 is 0. The fraction of sp³-hybridized carbons (Fsp3) is 0.529. The Hall–Kier alpha value is -2.68. The van der Waals surface area contributed by atoms with Crippen LogP contribution in [0.3, 0.4) is 0 Å². The van der Waals surface area contributed by atoms with Gasteiger partial charge in [0.1, 0.15) is 0 Å². The molecular weight excluding hydrogens is 452 g/mol. The van der Waals surface area contributed by atoms with Crippen molar-refractivity contribution in [2.75, 3.05) is 6.61 Å². The molecule has 37 heavy (non-hydrogen) atoms. The zero-order chi connectivity index (χ0) is 25.5. The quantitative estimate of drug-likeness (QED) is 0.184. The highest BCUT2D eigenvalue weighted by molar-refractivity contribution is 5.69. The first kappa shape index (κ1) is 27.4. The molecule has 1 saturated carbocycles. The summed E-state index contributed by atoms with van der Waals surface area (Å²) in [6, 6.07) is 18.2. The number of hydrogen-bond acceptors (Lipinski definition) is 3. The Labute approximate surface area is 225 Å². The van der Waals surface area contributed by atoms with E-state index in [4.69, 9.17) is 4.74 Å². The number of rotatable bonds is 16. The normalized spacial score (nSPS) is 13.8. The molecule has 1 aromatic heterocycles. The van der Waals surface area contributed by atoms with E-state index in [-0.39, 0.29) is 0 Å². The van der Waals surface area contributed by atoms with Gasteiger partial charge in [0.2, 0.25) is 0 Å². The van der Waals surface area contributed by atoms with E-state index >= 15 is 0 Å². The second kappa shape index (κ2) is 15.5. The van der Waals surface area contributed by atoms with Gasteiger partial charge in [-0.2, -0.15) is 0 Å². The Morgan fingerprint density at radius 1 is 0.649 bits per heavy atom. The third-order valence-electron chi connectivity index (χ3n) is 7.92. The van der Waals surface area contributed by atoms with Crippen molar-refractivity contribution in [1.29, 1.82) is 0 Å². The lowest BCUT2D eigenvalue weighted by Gasteiger charge is -2.09. The van der Waals surface area contributed by atoms with Crippen LogP contribution in [0.15, 0.2) is 60.9 Å². The predicted molar refractivity (Wildman–Crippen MR) is 156 cm³/mol. The smallest absolute Gasteiger partial charge is 0.316 e. The molecule has 0 radical (unpaired) electrons. The summed E-state index contributed by atoms with van der Waals surface area (Å²) in [6.07, 6.45) is 23.9. The summed E-state index contributed by atoms with van der Waals surface area (Å²) in [5, 5.41) is 0. The highest BCUT2D eigenvalue weighted by atomic mass is 16.5. The van der Waals surface area contributed by atoms with Crippen LogP contribution in [0.5, 0.6) is 6.01 Å². The van der Waals surface area contributed by atoms with Crippen molar-refractivity contribution in [2.24, 2.45) is 5.92 Å². The van der Waals surface area contributed by atoms with E-state index in [0.717, 1.165) is 23.5 Å². The highest BCUT2D eigenvalue weighted by Gasteiger charge is 2.13. The molecule has 0 spiro atoms. The maximum absolute atomic E-state index is 5.78. The molecule has 3 aromatic rings. The Morgan fingerprint density at radius 3 is 1.89 bits per heavy atom. The van der Waals surface area contributed by atoms with Crippen LogP contribution in [0.25, 0.3) is 22.3 Å². The molecule has 0 atom stereocenters. The van der Waals surface area contributed by atoms with Gasteiger partial charge in [-0.15, -0.1) is 0 Å². The summed E-state index contributed by atoms with van der Waals surface area (Å²) in [5.41, 5.74) is 6.09. The monoisotopic (exact) mass is 498 g/mol. The van der Waals surface area contributed by atoms with Crippen molar-refractivity contribution in [3.05, 3.63) is 66.5 Å². The molecule has 4 rings (SSSR count). The first-order valence-corrected chi connectivity index (χ1v) is 15.0. The number of benzene rings is 2. The van der Waals surface area contributed by atoms with Crippen molar-refractivity contribution in [3.8, 4) is 28.3 Å². The summed E-state index contributed by atoms with van der Waals surface area (Å²) in [7, 11) is 0. The second-order valence-corrected chi connectivity index (χ2v) is 10.9. The average molecular weight is 499 g/mol. The van der Waals surface area contributed by atoms with Crippen LogP contribution in [-0.4, -0.2) is 16.6 Å². The topological polar surface area (TPSA) is 35.0 Å². The van der Waals surface area contributed by atoms with Gasteiger partial charge in [0.25, 0.3) is 0 Å². The van der Waals surface area contributed by atoms with Gasteiger partial charge in [0.05, 0.1) is 6.61 Å². The van der Waals surface area contributed by atoms with E-state index in [1.807, 2.05) is 12.4 Å². The third-order valence-corrected chi connectivity index (χ3v) is 7.92. The highest BCUT2D eigenvalue weighted by Crippen LogP contribution is 2.29. The summed E-state index contributed by atoms with van der Waals surface area (Å²) in [5.74, 6) is 1.01. The predicted octanol–water partition coefficient (Wildman–Crippen LogP) is 9.84. The average Bonchev–Trinajstić information content (AvgIpc) is 3.47. The summed E-state index contributed by atoms with van der Waals surface area (Å²) in [4.78, 5) is 8.88. The summed E-state index contributed by atoms with van der Waals surface area (Å²) < 4.78 is 5.78. The van der Waals surface area contributed by atoms with E-state index in [1.165, 1.54) is 107 Å². The number of hydrogen-bond donors (Lipinski definition) is 0. The number of nitrogens with zero attached hydrogens (tertiary/aromatic N) is 2. The van der Waals surface area contributed by atoms with Crippen LogP contribution in [0.2, 0.25) is 0 Å². The zero-order valence-electron chi connectivity index (χ0n) is 23.0. The fourth-order valence-corrected chi connectivity index (χ4v) is 5.54. The second-order valence-electron chi connectivity index (χ2n) is 10.9. The molecule has 0 amide bonds. The van der Waals surface area contributed by atoms with Gasteiger partial charge in [-0.3, -0.25) is 0 Å². The number of aryl methyl sites for hydroxylation is 1. The van der Waals surface area contributed by atoms with E-state index < -0.39 is 0 Å². The molecule has 3 heteroatoms. The Balaban J connectivity index is 1.17. The molecule has 1 aliphatic rings. The maximum atomic E-state index is 5.78. The van der Waals surface area contributed by atoms with Gasteiger partial charge in [-0.05, 0) is 47.4 Å². The minimum atomic E-state index is 0.483. The minimum Gasteiger partial charge on any atom is -0.463 e. The molecule has 1 fully saturated rings. The van der Waals surface area contributed by atoms with E-state index in [1.54, 1.807) is 0 Å². The van der Waals surface area contributed by atoms with E-state index in [0.29, 0.717) is 12.6 Å². The van der Waals surface area contributed by atoms with Crippen LogP contribution in [0.1, 0.15) is 102 Å². The molecule has 0 saturated heterocycles. The largest absolute Gasteiger partial charge is 0.463 e. The number of aromatic nitrogens is 2. The standard InChI is InChI=1S/C34H46N2O/c1-2-3-4-5-8-14-29-17-19-30(20-18-29)31-21-23-32(24-22-31)33-26-35-34(36-27-33)37-25-12-7-6-9-13-28-15-10-11-16-28/h17-24,26-28H,2-16,25H2,1H3. The van der Waals surface area contributed by atoms with Gasteiger partial charge in [0, 0.05) is 18.0 Å². The molecule has 3 nitrogen and oxygen atoms in total. The lowest BCUT2D eigenvalue weighted by atomic mass is 9.99. The molecular formula is C34H46N2O. The molecule has 1 heterocycles. The van der Waals surface area contributed by atoms with Crippen molar-refractivity contribution in [2.45, 2.75) is 103 Å². The molecule has 0 bridgehead atoms. The lowest BCUT2D eigenvalue weighted by molar-refractivity contribution is 0.280. The van der Waals surface area contributed by atoms with Crippen LogP contribution >= 0.6 is 0 Å². The summed E-state index contributed by atoms with van der Waals surface area (Å²) in [6.45, 7) is 2.97. The fourth-order valence-electron chi connectivity index (χ4n) is 5.54. The molecule has 198 valence electrons. The van der Waals surface area contributed by atoms with Crippen LogP contribution in [0, 0.1) is 5.92 Å². The van der Waals surface area contributed by atoms with Crippen LogP contribution in [-0.2, 0) is 6.42 Å². The maximum Gasteiger partial charge on any atom is 0.316 e. The van der Waals surface area contributed by atoms with E-state index in [2.05, 4.69) is 65.4 Å². The van der Waals surface area contributed by atoms with Gasteiger partial charge in [-0.25, -0.2) is 9.97 Å². The van der Waals surface area contributed by atoms with Gasteiger partial charge >= 0.3 is 6.01 Å². The minimum absolute atomic E-state index is 0.483. The Morgan fingerprint density at radius 2 is 1.22 bits per heavy atom. The van der Waals surface area contributed by atoms with Crippen molar-refractivity contribution >= 4 is 0 Å². The van der Waals surface area contributed by atoms with E-state index in [9.17, 15) is 0 Å². The van der Waals surface area contributed by atoms with Gasteiger partial charge in [0.15, 0.2) is 0 Å². The third kappa shape index (κ3) is 9.29. The number of ether oxygens (including phenoxy) is 1. The van der Waals surface area contributed by atoms with Gasteiger partial charge < -0.3 is 4.74 Å². The zero-order valence-corrected chi connectivity index (χ0v) is 23.0. The Kier molecular flexibility index (Phi) is 11.5. The first-order chi connectivity index (χ1) is 18.3. The molecule has 2 aromatic carbocycles. The number of unbranched alkanes of at least 4 members (excludes halogenated alkanes) is 7. The Bertz CT molecular complexity index is 1010. The van der Waals surface area contributed by atoms with Crippen LogP contribution in [0.4, 0.5) is 0 Å². The van der Waals surface area contributed by atoms with Crippen LogP contribution < -0.4 is 4.74 Å². The lowest BCUT2D eigenvalue weighted by Crippen LogP contribution is -2.01. The van der Waals surface area contributed by atoms with Crippen molar-refractivity contribution < 1.29 is 4.74 Å². The van der Waals surface area contributed by atoms with Gasteiger partial charge in [-0.1, -0.05) is 133 Å². The molecule has 0 N–H and O–H groups in total. The molecule has 0 unspecified atom stereocenters. The molecule has 1 aliphatic carbocycles. The molecule has 0 aliphatic heterocycles. The first-order valence-electron chi connectivity index (χ1n) is 15.0. The SMILES string of the molecule is CCCCCCCc1ccc(-c2ccc(-c3cnc(OCCCCCCC4CCCC4)nc3)cc2)cc1.